The second-order valence-electron chi connectivity index (χ2n) is 8.21. The van der Waals surface area contributed by atoms with E-state index in [1.807, 2.05) is 115 Å². The molecule has 4 aromatic carbocycles. The van der Waals surface area contributed by atoms with Crippen LogP contribution in [-0.4, -0.2) is 24.5 Å². The molecule has 0 aliphatic heterocycles. The summed E-state index contributed by atoms with van der Waals surface area (Å²) in [5.41, 5.74) is 5.12. The minimum absolute atomic E-state index is 0. The fourth-order valence-electron chi connectivity index (χ4n) is 3.99. The van der Waals surface area contributed by atoms with Crippen molar-refractivity contribution < 1.29 is 25.8 Å². The third kappa shape index (κ3) is 5.15. The molecule has 0 radical (unpaired) electrons. The molecular formula is C30H21N5OPt. The van der Waals surface area contributed by atoms with Crippen LogP contribution in [0.15, 0.2) is 109 Å². The van der Waals surface area contributed by atoms with Gasteiger partial charge in [0.05, 0.1) is 5.82 Å². The van der Waals surface area contributed by atoms with Crippen molar-refractivity contribution in [3.63, 3.8) is 0 Å². The molecule has 6 rings (SSSR count). The van der Waals surface area contributed by atoms with E-state index in [4.69, 9.17) is 14.9 Å². The summed E-state index contributed by atoms with van der Waals surface area (Å²) in [6.45, 7) is 0. The number of hydrogen-bond donors (Lipinski definition) is 0. The topological polar surface area (TPSA) is 57.8 Å². The Labute approximate surface area is 229 Å². The van der Waals surface area contributed by atoms with Crippen molar-refractivity contribution in [1.82, 2.24) is 24.5 Å². The molecule has 2 aromatic heterocycles. The second kappa shape index (κ2) is 10.8. The number of rotatable bonds is 6. The molecule has 0 saturated carbocycles. The first-order chi connectivity index (χ1) is 17.7. The average molecular weight is 663 g/mol. The summed E-state index contributed by atoms with van der Waals surface area (Å²) in [7, 11) is 1.95. The molecule has 0 fully saturated rings. The molecule has 37 heavy (non-hydrogen) atoms. The van der Waals surface area contributed by atoms with Crippen LogP contribution < -0.4 is 4.74 Å². The second-order valence-corrected chi connectivity index (χ2v) is 8.21. The third-order valence-electron chi connectivity index (χ3n) is 5.73. The zero-order valence-electron chi connectivity index (χ0n) is 19.9. The minimum atomic E-state index is 0. The zero-order chi connectivity index (χ0) is 24.3. The Bertz CT molecular complexity index is 1570. The van der Waals surface area contributed by atoms with Crippen LogP contribution in [0.4, 0.5) is 0 Å². The Hall–Kier alpha value is -4.28. The van der Waals surface area contributed by atoms with Crippen molar-refractivity contribution in [2.45, 2.75) is 0 Å². The van der Waals surface area contributed by atoms with Crippen LogP contribution in [0.2, 0.25) is 0 Å². The maximum atomic E-state index is 6.11. The largest absolute Gasteiger partial charge is 2.00 e. The van der Waals surface area contributed by atoms with Gasteiger partial charge in [-0.05, 0) is 5.69 Å². The van der Waals surface area contributed by atoms with Crippen LogP contribution in [0.5, 0.6) is 11.5 Å². The Morgan fingerprint density at radius 1 is 0.676 bits per heavy atom. The van der Waals surface area contributed by atoms with Gasteiger partial charge in [0.25, 0.3) is 0 Å². The quantitative estimate of drug-likeness (QED) is 0.194. The van der Waals surface area contributed by atoms with Gasteiger partial charge in [0.2, 0.25) is 0 Å². The number of aromatic nitrogens is 5. The van der Waals surface area contributed by atoms with Gasteiger partial charge in [0.1, 0.15) is 11.4 Å². The summed E-state index contributed by atoms with van der Waals surface area (Å²) in [6.07, 6.45) is 3.66. The molecule has 0 aliphatic carbocycles. The van der Waals surface area contributed by atoms with Gasteiger partial charge in [-0.2, -0.15) is 10.9 Å². The Morgan fingerprint density at radius 2 is 1.27 bits per heavy atom. The van der Waals surface area contributed by atoms with Crippen molar-refractivity contribution >= 4 is 0 Å². The molecule has 0 aliphatic rings. The molecule has 0 saturated heterocycles. The Balaban J connectivity index is 0.00000280. The van der Waals surface area contributed by atoms with Crippen molar-refractivity contribution in [3.8, 4) is 51.1 Å². The average Bonchev–Trinajstić information content (AvgIpc) is 3.57. The number of imidazole rings is 1. The van der Waals surface area contributed by atoms with Crippen molar-refractivity contribution in [3.05, 3.63) is 122 Å². The Morgan fingerprint density at radius 3 is 1.86 bits per heavy atom. The summed E-state index contributed by atoms with van der Waals surface area (Å²) in [5.74, 6) is 1.94. The summed E-state index contributed by atoms with van der Waals surface area (Å²) in [6, 6.07) is 38.1. The van der Waals surface area contributed by atoms with Gasteiger partial charge < -0.3 is 9.30 Å². The van der Waals surface area contributed by atoms with Gasteiger partial charge in [-0.1, -0.05) is 66.7 Å². The van der Waals surface area contributed by atoms with Gasteiger partial charge in [-0.15, -0.1) is 52.2 Å². The van der Waals surface area contributed by atoms with Crippen LogP contribution in [-0.2, 0) is 28.1 Å². The number of benzene rings is 4. The van der Waals surface area contributed by atoms with E-state index in [9.17, 15) is 0 Å². The predicted molar refractivity (Wildman–Crippen MR) is 139 cm³/mol. The molecule has 182 valence electrons. The van der Waals surface area contributed by atoms with E-state index >= 15 is 0 Å². The van der Waals surface area contributed by atoms with Crippen LogP contribution in [0.25, 0.3) is 39.6 Å². The van der Waals surface area contributed by atoms with Crippen LogP contribution in [0, 0.1) is 12.1 Å². The SMILES string of the molecule is Cn1ccnc1-c1[c-]c(Oc2[c-]c(-n3nc(-c4ccccc4)c(-c4ccccc4)n3)ccc2)ccc1.[Pt+2]. The van der Waals surface area contributed by atoms with Crippen molar-refractivity contribution in [2.75, 3.05) is 0 Å². The van der Waals surface area contributed by atoms with E-state index in [1.54, 1.807) is 11.0 Å². The summed E-state index contributed by atoms with van der Waals surface area (Å²) in [5, 5.41) is 9.67. The van der Waals surface area contributed by atoms with E-state index in [0.717, 1.165) is 33.9 Å². The monoisotopic (exact) mass is 662 g/mol. The standard InChI is InChI=1S/C30H21N5O.Pt/c1-34-19-18-31-30(34)24-14-8-16-26(20-24)36-27-17-9-15-25(21-27)35-32-28(22-10-4-2-5-11-22)29(33-35)23-12-6-3-7-13-23;/h2-19H,1H3;/q-2;+2. The maximum Gasteiger partial charge on any atom is 2.00 e. The zero-order valence-corrected chi connectivity index (χ0v) is 22.1. The van der Waals surface area contributed by atoms with Gasteiger partial charge in [-0.3, -0.25) is 4.98 Å². The fraction of sp³-hybridized carbons (Fsp3) is 0.0333. The van der Waals surface area contributed by atoms with Gasteiger partial charge >= 0.3 is 21.1 Å². The fourth-order valence-corrected chi connectivity index (χ4v) is 3.99. The summed E-state index contributed by atoms with van der Waals surface area (Å²) in [4.78, 5) is 6.00. The molecule has 0 amide bonds. The molecule has 7 heteroatoms. The van der Waals surface area contributed by atoms with Crippen LogP contribution >= 0.6 is 0 Å². The first-order valence-corrected chi connectivity index (χ1v) is 11.5. The maximum absolute atomic E-state index is 6.11. The molecule has 0 unspecified atom stereocenters. The molecule has 2 heterocycles. The molecule has 0 atom stereocenters. The number of ether oxygens (including phenoxy) is 1. The molecule has 6 nitrogen and oxygen atoms in total. The van der Waals surface area contributed by atoms with E-state index in [1.165, 1.54) is 0 Å². The van der Waals surface area contributed by atoms with E-state index in [0.29, 0.717) is 17.2 Å². The molecule has 0 N–H and O–H groups in total. The van der Waals surface area contributed by atoms with Gasteiger partial charge in [0.15, 0.2) is 0 Å². The van der Waals surface area contributed by atoms with Crippen LogP contribution in [0.3, 0.4) is 0 Å². The van der Waals surface area contributed by atoms with E-state index in [2.05, 4.69) is 17.1 Å². The van der Waals surface area contributed by atoms with E-state index < -0.39 is 0 Å². The van der Waals surface area contributed by atoms with Gasteiger partial charge in [0, 0.05) is 42.1 Å². The molecule has 0 bridgehead atoms. The molecule has 6 aromatic rings. The number of nitrogens with zero attached hydrogens (tertiary/aromatic N) is 5. The summed E-state index contributed by atoms with van der Waals surface area (Å²) >= 11 is 0. The Kier molecular flexibility index (Phi) is 7.11. The first kappa shape index (κ1) is 24.4. The van der Waals surface area contributed by atoms with Crippen molar-refractivity contribution in [2.24, 2.45) is 7.05 Å². The number of hydrogen-bond acceptors (Lipinski definition) is 4. The normalized spacial score (nSPS) is 10.6. The first-order valence-electron chi connectivity index (χ1n) is 11.5. The smallest absolute Gasteiger partial charge is 0.503 e. The summed E-state index contributed by atoms with van der Waals surface area (Å²) < 4.78 is 8.05. The van der Waals surface area contributed by atoms with E-state index in [-0.39, 0.29) is 21.1 Å². The molecular weight excluding hydrogens is 641 g/mol. The van der Waals surface area contributed by atoms with Crippen molar-refractivity contribution in [1.29, 1.82) is 0 Å². The third-order valence-corrected chi connectivity index (χ3v) is 5.73. The minimum Gasteiger partial charge on any atom is -0.503 e. The van der Waals surface area contributed by atoms with Gasteiger partial charge in [-0.25, -0.2) is 0 Å². The predicted octanol–water partition coefficient (Wildman–Crippen LogP) is 6.39. The molecule has 0 spiro atoms. The number of aryl methyl sites for hydroxylation is 1. The van der Waals surface area contributed by atoms with Crippen LogP contribution in [0.1, 0.15) is 0 Å².